The fraction of sp³-hybridized carbons (Fsp3) is 0.0769. The minimum Gasteiger partial charge on any atom is -0.364 e. The highest BCUT2D eigenvalue weighted by Gasteiger charge is 2.11. The Morgan fingerprint density at radius 1 is 1.16 bits per heavy atom. The first-order valence-electron chi connectivity index (χ1n) is 5.42. The normalized spacial score (nSPS) is 10.3. The lowest BCUT2D eigenvalue weighted by molar-refractivity contribution is 0.102. The molecule has 0 aliphatic rings. The van der Waals surface area contributed by atoms with E-state index in [4.69, 9.17) is 0 Å². The molecule has 2 aromatic rings. The zero-order valence-electron chi connectivity index (χ0n) is 9.96. The van der Waals surface area contributed by atoms with Gasteiger partial charge in [-0.05, 0) is 19.1 Å². The second-order valence-corrected chi connectivity index (χ2v) is 4.01. The van der Waals surface area contributed by atoms with Crippen molar-refractivity contribution in [1.29, 1.82) is 0 Å². The van der Waals surface area contributed by atoms with Crippen molar-refractivity contribution in [2.75, 3.05) is 5.32 Å². The second kappa shape index (κ2) is 5.01. The zero-order chi connectivity index (χ0) is 14.0. The number of halogens is 2. The fourth-order valence-corrected chi connectivity index (χ4v) is 1.58. The van der Waals surface area contributed by atoms with Crippen LogP contribution in [0.4, 0.5) is 14.5 Å². The number of carbonyl (C=O) groups is 1. The number of H-pyrrole nitrogens is 1. The summed E-state index contributed by atoms with van der Waals surface area (Å²) < 4.78 is 25.9. The first-order valence-corrected chi connectivity index (χ1v) is 5.42. The van der Waals surface area contributed by atoms with Crippen LogP contribution in [0.15, 0.2) is 35.3 Å². The molecule has 0 radical (unpaired) electrons. The lowest BCUT2D eigenvalue weighted by Crippen LogP contribution is -2.21. The largest absolute Gasteiger partial charge is 0.364 e. The van der Waals surface area contributed by atoms with Gasteiger partial charge in [0, 0.05) is 29.7 Å². The highest BCUT2D eigenvalue weighted by Crippen LogP contribution is 2.13. The molecule has 0 aliphatic heterocycles. The lowest BCUT2D eigenvalue weighted by Gasteiger charge is -2.05. The average Bonchev–Trinajstić information content (AvgIpc) is 2.26. The van der Waals surface area contributed by atoms with Crippen molar-refractivity contribution in [2.24, 2.45) is 0 Å². The molecule has 0 aliphatic carbocycles. The minimum absolute atomic E-state index is 0.0533. The molecule has 0 saturated heterocycles. The average molecular weight is 264 g/mol. The van der Waals surface area contributed by atoms with Crippen LogP contribution in [0.25, 0.3) is 0 Å². The smallest absolute Gasteiger partial charge is 0.261 e. The predicted molar refractivity (Wildman–Crippen MR) is 66.1 cm³/mol. The monoisotopic (exact) mass is 264 g/mol. The summed E-state index contributed by atoms with van der Waals surface area (Å²) in [5.74, 6) is -2.35. The second-order valence-electron chi connectivity index (χ2n) is 4.01. The van der Waals surface area contributed by atoms with Gasteiger partial charge < -0.3 is 10.3 Å². The Morgan fingerprint density at radius 2 is 1.79 bits per heavy atom. The van der Waals surface area contributed by atoms with Crippen molar-refractivity contribution in [3.05, 3.63) is 63.6 Å². The van der Waals surface area contributed by atoms with Gasteiger partial charge in [0.15, 0.2) is 5.43 Å². The van der Waals surface area contributed by atoms with Gasteiger partial charge in [0.25, 0.3) is 5.91 Å². The molecule has 2 N–H and O–H groups in total. The molecule has 0 saturated carbocycles. The predicted octanol–water partition coefficient (Wildman–Crippen LogP) is 2.21. The molecule has 0 bridgehead atoms. The molecule has 6 heteroatoms. The number of benzene rings is 1. The van der Waals surface area contributed by atoms with E-state index in [2.05, 4.69) is 10.3 Å². The third kappa shape index (κ3) is 3.04. The maximum absolute atomic E-state index is 13.0. The van der Waals surface area contributed by atoms with E-state index >= 15 is 0 Å². The highest BCUT2D eigenvalue weighted by atomic mass is 19.1. The Labute approximate surface area is 107 Å². The van der Waals surface area contributed by atoms with Crippen LogP contribution in [-0.2, 0) is 0 Å². The maximum Gasteiger partial charge on any atom is 0.261 e. The van der Waals surface area contributed by atoms with Crippen LogP contribution in [0.3, 0.4) is 0 Å². The molecule has 98 valence electrons. The Hall–Kier alpha value is -2.50. The zero-order valence-corrected chi connectivity index (χ0v) is 9.96. The van der Waals surface area contributed by atoms with Crippen molar-refractivity contribution in [2.45, 2.75) is 6.92 Å². The summed E-state index contributed by atoms with van der Waals surface area (Å²) in [6, 6.07) is 3.88. The van der Waals surface area contributed by atoms with Crippen molar-refractivity contribution >= 4 is 11.6 Å². The fourth-order valence-electron chi connectivity index (χ4n) is 1.58. The van der Waals surface area contributed by atoms with E-state index < -0.39 is 23.0 Å². The molecule has 0 atom stereocenters. The number of aromatic nitrogens is 1. The summed E-state index contributed by atoms with van der Waals surface area (Å²) >= 11 is 0. The van der Waals surface area contributed by atoms with E-state index in [9.17, 15) is 18.4 Å². The van der Waals surface area contributed by atoms with Crippen molar-refractivity contribution in [3.8, 4) is 0 Å². The quantitative estimate of drug-likeness (QED) is 0.873. The standard InChI is InChI=1S/C13H10F2N2O2/c1-7-2-12(18)11(6-16-7)13(19)17-10-4-8(14)3-9(15)5-10/h2-6H,1H3,(H,16,18)(H,17,19). The maximum atomic E-state index is 13.0. The molecular weight excluding hydrogens is 254 g/mol. The summed E-state index contributed by atoms with van der Waals surface area (Å²) in [5, 5.41) is 2.26. The Balaban J connectivity index is 2.28. The van der Waals surface area contributed by atoms with Gasteiger partial charge in [-0.15, -0.1) is 0 Å². The summed E-state index contributed by atoms with van der Waals surface area (Å²) in [6.45, 7) is 1.67. The summed E-state index contributed by atoms with van der Waals surface area (Å²) in [6.07, 6.45) is 1.25. The topological polar surface area (TPSA) is 62.0 Å². The van der Waals surface area contributed by atoms with Gasteiger partial charge in [0.1, 0.15) is 17.2 Å². The van der Waals surface area contributed by atoms with Gasteiger partial charge in [-0.25, -0.2) is 8.78 Å². The Bertz CT molecular complexity index is 675. The number of aromatic amines is 1. The van der Waals surface area contributed by atoms with Crippen molar-refractivity contribution in [3.63, 3.8) is 0 Å². The van der Waals surface area contributed by atoms with E-state index in [1.807, 2.05) is 0 Å². The molecular formula is C13H10F2N2O2. The third-order valence-electron chi connectivity index (χ3n) is 2.42. The van der Waals surface area contributed by atoms with Gasteiger partial charge in [-0.1, -0.05) is 0 Å². The van der Waals surface area contributed by atoms with Crippen LogP contribution in [0, 0.1) is 18.6 Å². The SMILES string of the molecule is Cc1cc(=O)c(C(=O)Nc2cc(F)cc(F)c2)c[nH]1. The van der Waals surface area contributed by atoms with Gasteiger partial charge >= 0.3 is 0 Å². The molecule has 1 heterocycles. The Kier molecular flexibility index (Phi) is 3.41. The molecule has 0 spiro atoms. The molecule has 1 aromatic heterocycles. The molecule has 2 rings (SSSR count). The number of nitrogens with one attached hydrogen (secondary N) is 2. The number of pyridine rings is 1. The first-order chi connectivity index (χ1) is 8.95. The van der Waals surface area contributed by atoms with Crippen molar-refractivity contribution < 1.29 is 13.6 Å². The first kappa shape index (κ1) is 12.9. The van der Waals surface area contributed by atoms with Gasteiger partial charge in [0.05, 0.1) is 0 Å². The molecule has 0 unspecified atom stereocenters. The number of carbonyl (C=O) groups excluding carboxylic acids is 1. The van der Waals surface area contributed by atoms with E-state index in [1.54, 1.807) is 6.92 Å². The van der Waals surface area contributed by atoms with Crippen LogP contribution in [-0.4, -0.2) is 10.9 Å². The minimum atomic E-state index is -0.812. The Morgan fingerprint density at radius 3 is 2.37 bits per heavy atom. The number of hydrogen-bond acceptors (Lipinski definition) is 2. The number of anilines is 1. The molecule has 19 heavy (non-hydrogen) atoms. The third-order valence-corrected chi connectivity index (χ3v) is 2.42. The van der Waals surface area contributed by atoms with Gasteiger partial charge in [-0.2, -0.15) is 0 Å². The number of rotatable bonds is 2. The van der Waals surface area contributed by atoms with Crippen LogP contribution in [0.5, 0.6) is 0 Å². The van der Waals surface area contributed by atoms with Gasteiger partial charge in [-0.3, -0.25) is 9.59 Å². The number of amides is 1. The van der Waals surface area contributed by atoms with E-state index in [1.165, 1.54) is 12.3 Å². The summed E-state index contributed by atoms with van der Waals surface area (Å²) in [7, 11) is 0. The van der Waals surface area contributed by atoms with Crippen LogP contribution in [0.2, 0.25) is 0 Å². The molecule has 4 nitrogen and oxygen atoms in total. The van der Waals surface area contributed by atoms with Crippen LogP contribution >= 0.6 is 0 Å². The number of aryl methyl sites for hydroxylation is 1. The van der Waals surface area contributed by atoms with E-state index in [-0.39, 0.29) is 11.3 Å². The number of hydrogen-bond donors (Lipinski definition) is 2. The summed E-state index contributed by atoms with van der Waals surface area (Å²) in [4.78, 5) is 26.1. The van der Waals surface area contributed by atoms with Gasteiger partial charge in [0.2, 0.25) is 0 Å². The molecule has 1 amide bonds. The van der Waals surface area contributed by atoms with Crippen LogP contribution < -0.4 is 10.7 Å². The summed E-state index contributed by atoms with van der Waals surface area (Å²) in [5.41, 5.74) is -0.0401. The van der Waals surface area contributed by atoms with Crippen molar-refractivity contribution in [1.82, 2.24) is 4.98 Å². The lowest BCUT2D eigenvalue weighted by atomic mass is 10.2. The molecule has 0 fully saturated rings. The van der Waals surface area contributed by atoms with Crippen LogP contribution in [0.1, 0.15) is 16.1 Å². The highest BCUT2D eigenvalue weighted by molar-refractivity contribution is 6.03. The van der Waals surface area contributed by atoms with E-state index in [0.29, 0.717) is 11.8 Å². The van der Waals surface area contributed by atoms with E-state index in [0.717, 1.165) is 12.1 Å². The molecule has 1 aromatic carbocycles.